The van der Waals surface area contributed by atoms with Crippen LogP contribution >= 0.6 is 11.8 Å². The standard InChI is InChI=1S/C13H21N5S/c1-10-16-17-12(18(10)3)19-8-6-11-5-4-7-13(11,9-14)15-2/h11,15H,4-8H2,1-3H3. The number of aromatic nitrogens is 3. The molecule has 1 fully saturated rings. The first-order chi connectivity index (χ1) is 9.13. The van der Waals surface area contributed by atoms with Crippen molar-refractivity contribution in [1.29, 1.82) is 5.26 Å². The van der Waals surface area contributed by atoms with Gasteiger partial charge in [0.05, 0.1) is 6.07 Å². The zero-order chi connectivity index (χ0) is 13.9. The molecule has 1 saturated carbocycles. The van der Waals surface area contributed by atoms with E-state index >= 15 is 0 Å². The second-order valence-corrected chi connectivity index (χ2v) is 6.21. The third-order valence-corrected chi connectivity index (χ3v) is 5.27. The van der Waals surface area contributed by atoms with Crippen molar-refractivity contribution in [2.45, 2.75) is 43.3 Å². The molecule has 1 aromatic rings. The van der Waals surface area contributed by atoms with Crippen LogP contribution in [0.15, 0.2) is 5.16 Å². The average Bonchev–Trinajstić information content (AvgIpc) is 2.97. The molecular formula is C13H21N5S. The summed E-state index contributed by atoms with van der Waals surface area (Å²) in [6, 6.07) is 2.49. The Morgan fingerprint density at radius 2 is 2.37 bits per heavy atom. The summed E-state index contributed by atoms with van der Waals surface area (Å²) in [6.07, 6.45) is 4.31. The fourth-order valence-electron chi connectivity index (χ4n) is 2.81. The molecule has 6 heteroatoms. The lowest BCUT2D eigenvalue weighted by Gasteiger charge is -2.27. The molecule has 1 N–H and O–H groups in total. The molecule has 0 aromatic carbocycles. The number of rotatable bonds is 5. The monoisotopic (exact) mass is 279 g/mol. The summed E-state index contributed by atoms with van der Waals surface area (Å²) >= 11 is 1.73. The highest BCUT2D eigenvalue weighted by Crippen LogP contribution is 2.38. The fourth-order valence-corrected chi connectivity index (χ4v) is 3.82. The zero-order valence-electron chi connectivity index (χ0n) is 11.8. The van der Waals surface area contributed by atoms with E-state index in [1.807, 2.05) is 25.6 Å². The van der Waals surface area contributed by atoms with Crippen LogP contribution in [0.4, 0.5) is 0 Å². The van der Waals surface area contributed by atoms with Crippen molar-refractivity contribution in [3.63, 3.8) is 0 Å². The lowest BCUT2D eigenvalue weighted by Crippen LogP contribution is -2.44. The van der Waals surface area contributed by atoms with Gasteiger partial charge in [0.2, 0.25) is 0 Å². The maximum absolute atomic E-state index is 9.40. The van der Waals surface area contributed by atoms with Gasteiger partial charge in [-0.15, -0.1) is 10.2 Å². The van der Waals surface area contributed by atoms with Gasteiger partial charge in [-0.1, -0.05) is 18.2 Å². The number of hydrogen-bond acceptors (Lipinski definition) is 5. The van der Waals surface area contributed by atoms with E-state index in [9.17, 15) is 5.26 Å². The van der Waals surface area contributed by atoms with Gasteiger partial charge in [-0.25, -0.2) is 0 Å². The topological polar surface area (TPSA) is 66.5 Å². The predicted molar refractivity (Wildman–Crippen MR) is 75.8 cm³/mol. The summed E-state index contributed by atoms with van der Waals surface area (Å²) in [4.78, 5) is 0. The van der Waals surface area contributed by atoms with Crippen molar-refractivity contribution < 1.29 is 0 Å². The predicted octanol–water partition coefficient (Wildman–Crippen LogP) is 1.89. The Morgan fingerprint density at radius 1 is 1.58 bits per heavy atom. The Bertz CT molecular complexity index is 478. The van der Waals surface area contributed by atoms with Crippen LogP contribution in [0.2, 0.25) is 0 Å². The van der Waals surface area contributed by atoms with Gasteiger partial charge < -0.3 is 9.88 Å². The SMILES string of the molecule is CNC1(C#N)CCCC1CCSc1nnc(C)n1C. The lowest BCUT2D eigenvalue weighted by molar-refractivity contribution is 0.332. The van der Waals surface area contributed by atoms with E-state index in [4.69, 9.17) is 0 Å². The lowest BCUT2D eigenvalue weighted by atomic mass is 9.87. The van der Waals surface area contributed by atoms with Crippen molar-refractivity contribution in [3.05, 3.63) is 5.82 Å². The van der Waals surface area contributed by atoms with E-state index < -0.39 is 0 Å². The molecule has 19 heavy (non-hydrogen) atoms. The Kier molecular flexibility index (Phi) is 4.48. The third kappa shape index (κ3) is 2.77. The van der Waals surface area contributed by atoms with E-state index in [-0.39, 0.29) is 5.54 Å². The molecule has 0 saturated heterocycles. The van der Waals surface area contributed by atoms with Gasteiger partial charge in [-0.3, -0.25) is 0 Å². The van der Waals surface area contributed by atoms with Crippen LogP contribution in [0, 0.1) is 24.2 Å². The molecule has 1 aliphatic carbocycles. The quantitative estimate of drug-likeness (QED) is 0.834. The molecule has 0 bridgehead atoms. The van der Waals surface area contributed by atoms with Gasteiger partial charge in [0.15, 0.2) is 5.16 Å². The van der Waals surface area contributed by atoms with Crippen molar-refractivity contribution >= 4 is 11.8 Å². The third-order valence-electron chi connectivity index (χ3n) is 4.22. The first-order valence-electron chi connectivity index (χ1n) is 6.72. The molecule has 1 heterocycles. The van der Waals surface area contributed by atoms with Gasteiger partial charge in [0.1, 0.15) is 11.4 Å². The Hall–Kier alpha value is -1.06. The fraction of sp³-hybridized carbons (Fsp3) is 0.769. The van der Waals surface area contributed by atoms with E-state index in [0.29, 0.717) is 5.92 Å². The molecule has 2 atom stereocenters. The summed E-state index contributed by atoms with van der Waals surface area (Å²) < 4.78 is 2.01. The van der Waals surface area contributed by atoms with Crippen molar-refractivity contribution in [2.75, 3.05) is 12.8 Å². The van der Waals surface area contributed by atoms with E-state index in [1.54, 1.807) is 11.8 Å². The van der Waals surface area contributed by atoms with Crippen LogP contribution < -0.4 is 5.32 Å². The molecule has 0 spiro atoms. The van der Waals surface area contributed by atoms with Crippen LogP contribution in [0.25, 0.3) is 0 Å². The van der Waals surface area contributed by atoms with E-state index in [0.717, 1.165) is 42.4 Å². The molecule has 0 aliphatic heterocycles. The number of nitrogens with zero attached hydrogens (tertiary/aromatic N) is 4. The Balaban J connectivity index is 1.89. The highest BCUT2D eigenvalue weighted by Gasteiger charge is 2.41. The summed E-state index contributed by atoms with van der Waals surface area (Å²) in [5.41, 5.74) is -0.309. The molecule has 1 aliphatic rings. The molecule has 0 radical (unpaired) electrons. The molecule has 2 unspecified atom stereocenters. The molecule has 1 aromatic heterocycles. The van der Waals surface area contributed by atoms with Gasteiger partial charge in [0.25, 0.3) is 0 Å². The molecular weight excluding hydrogens is 258 g/mol. The normalized spacial score (nSPS) is 26.5. The van der Waals surface area contributed by atoms with E-state index in [2.05, 4.69) is 21.6 Å². The highest BCUT2D eigenvalue weighted by atomic mass is 32.2. The van der Waals surface area contributed by atoms with Crippen LogP contribution in [0.5, 0.6) is 0 Å². The summed E-state index contributed by atoms with van der Waals surface area (Å²) in [5.74, 6) is 2.37. The number of hydrogen-bond donors (Lipinski definition) is 1. The summed E-state index contributed by atoms with van der Waals surface area (Å²) in [5, 5.41) is 21.8. The second kappa shape index (κ2) is 5.93. The van der Waals surface area contributed by atoms with Crippen LogP contribution in [0.3, 0.4) is 0 Å². The van der Waals surface area contributed by atoms with Crippen LogP contribution in [-0.2, 0) is 7.05 Å². The van der Waals surface area contributed by atoms with Crippen molar-refractivity contribution in [1.82, 2.24) is 20.1 Å². The maximum Gasteiger partial charge on any atom is 0.190 e. The van der Waals surface area contributed by atoms with Crippen LogP contribution in [0.1, 0.15) is 31.5 Å². The van der Waals surface area contributed by atoms with Gasteiger partial charge in [0, 0.05) is 12.8 Å². The Morgan fingerprint density at radius 3 is 2.95 bits per heavy atom. The van der Waals surface area contributed by atoms with Gasteiger partial charge >= 0.3 is 0 Å². The maximum atomic E-state index is 9.40. The minimum absolute atomic E-state index is 0.309. The number of thioether (sulfide) groups is 1. The van der Waals surface area contributed by atoms with E-state index in [1.165, 1.54) is 0 Å². The zero-order valence-corrected chi connectivity index (χ0v) is 12.6. The molecule has 5 nitrogen and oxygen atoms in total. The smallest absolute Gasteiger partial charge is 0.190 e. The summed E-state index contributed by atoms with van der Waals surface area (Å²) in [6.45, 7) is 1.95. The van der Waals surface area contributed by atoms with Gasteiger partial charge in [-0.05, 0) is 39.2 Å². The van der Waals surface area contributed by atoms with Crippen LogP contribution in [-0.4, -0.2) is 33.1 Å². The molecule has 0 amide bonds. The molecule has 2 rings (SSSR count). The average molecular weight is 279 g/mol. The first-order valence-corrected chi connectivity index (χ1v) is 7.70. The van der Waals surface area contributed by atoms with Gasteiger partial charge in [-0.2, -0.15) is 5.26 Å². The minimum Gasteiger partial charge on any atom is -0.309 e. The first kappa shape index (κ1) is 14.4. The Labute approximate surface area is 118 Å². The largest absolute Gasteiger partial charge is 0.309 e. The molecule has 104 valence electrons. The highest BCUT2D eigenvalue weighted by molar-refractivity contribution is 7.99. The second-order valence-electron chi connectivity index (χ2n) is 5.15. The van der Waals surface area contributed by atoms with Crippen molar-refractivity contribution in [3.8, 4) is 6.07 Å². The van der Waals surface area contributed by atoms with Crippen molar-refractivity contribution in [2.24, 2.45) is 13.0 Å². The number of nitrogens with one attached hydrogen (secondary N) is 1. The number of aryl methyl sites for hydroxylation is 1. The number of nitriles is 1. The minimum atomic E-state index is -0.309. The summed E-state index contributed by atoms with van der Waals surface area (Å²) in [7, 11) is 3.89.